The second-order valence-electron chi connectivity index (χ2n) is 6.89. The minimum Gasteiger partial charge on any atom is -0.744 e. The molecule has 0 aromatic heterocycles. The summed E-state index contributed by atoms with van der Waals surface area (Å²) in [5, 5.41) is 10.9. The van der Waals surface area contributed by atoms with Crippen LogP contribution in [0.3, 0.4) is 0 Å². The number of rotatable bonds is 4. The van der Waals surface area contributed by atoms with Crippen molar-refractivity contribution >= 4 is 33.3 Å². The number of carbonyl (C=O) groups excluding carboxylic acids is 2. The van der Waals surface area contributed by atoms with E-state index < -0.39 is 32.7 Å². The summed E-state index contributed by atoms with van der Waals surface area (Å²) in [5.74, 6) is -2.05. The van der Waals surface area contributed by atoms with Crippen LogP contribution in [0.25, 0.3) is 5.76 Å². The van der Waals surface area contributed by atoms with Crippen LogP contribution in [0.2, 0.25) is 0 Å². The number of aliphatic hydroxyl groups is 1. The van der Waals surface area contributed by atoms with Gasteiger partial charge in [-0.15, -0.1) is 0 Å². The topological polar surface area (TPSA) is 115 Å². The largest absolute Gasteiger partial charge is 1.00 e. The fourth-order valence-electron chi connectivity index (χ4n) is 3.57. The summed E-state index contributed by atoms with van der Waals surface area (Å²) in [4.78, 5) is 26.7. The first kappa shape index (κ1) is 23.9. The molecule has 1 aliphatic heterocycles. The molecule has 0 saturated carbocycles. The molecule has 4 rings (SSSR count). The molecule has 32 heavy (non-hydrogen) atoms. The first-order valence-corrected chi connectivity index (χ1v) is 10.7. The van der Waals surface area contributed by atoms with Crippen LogP contribution in [0.15, 0.2) is 95.4 Å². The van der Waals surface area contributed by atoms with Gasteiger partial charge in [-0.1, -0.05) is 60.7 Å². The van der Waals surface area contributed by atoms with Crippen molar-refractivity contribution in [2.45, 2.75) is 10.9 Å². The molecule has 0 bridgehead atoms. The summed E-state index contributed by atoms with van der Waals surface area (Å²) in [7, 11) is -4.66. The van der Waals surface area contributed by atoms with E-state index in [0.717, 1.165) is 12.1 Å². The average molecular weight is 457 g/mol. The maximum absolute atomic E-state index is 13.0. The van der Waals surface area contributed by atoms with Crippen molar-refractivity contribution in [3.63, 3.8) is 0 Å². The van der Waals surface area contributed by atoms with E-state index in [1.54, 1.807) is 60.7 Å². The van der Waals surface area contributed by atoms with Crippen LogP contribution in [0.5, 0.6) is 0 Å². The van der Waals surface area contributed by atoms with E-state index in [1.807, 2.05) is 0 Å². The Morgan fingerprint density at radius 2 is 1.38 bits per heavy atom. The zero-order chi connectivity index (χ0) is 22.2. The van der Waals surface area contributed by atoms with Crippen molar-refractivity contribution in [1.29, 1.82) is 0 Å². The number of anilines is 1. The number of aliphatic hydroxyl groups excluding tert-OH is 1. The van der Waals surface area contributed by atoms with Crippen LogP contribution < -0.4 is 34.5 Å². The molecule has 0 spiro atoms. The third-order valence-corrected chi connectivity index (χ3v) is 5.86. The maximum atomic E-state index is 13.0. The number of carbonyl (C=O) groups is 2. The molecule has 1 amide bonds. The molecule has 0 radical (unpaired) electrons. The number of Topliss-reactive ketones (excluding diaryl/α,β-unsaturated/α-hetero) is 1. The molecule has 3 aromatic rings. The van der Waals surface area contributed by atoms with Gasteiger partial charge in [0.2, 0.25) is 0 Å². The van der Waals surface area contributed by atoms with E-state index in [9.17, 15) is 27.7 Å². The average Bonchev–Trinajstić information content (AvgIpc) is 3.04. The van der Waals surface area contributed by atoms with Gasteiger partial charge >= 0.3 is 29.6 Å². The number of nitrogens with zero attached hydrogens (tertiary/aromatic N) is 1. The molecular formula is C23H16NNaO6S. The summed E-state index contributed by atoms with van der Waals surface area (Å²) in [5.41, 5.74) is 1.10. The summed E-state index contributed by atoms with van der Waals surface area (Å²) >= 11 is 0. The molecule has 156 valence electrons. The number of benzene rings is 3. The first-order valence-electron chi connectivity index (χ1n) is 9.26. The number of hydrogen-bond acceptors (Lipinski definition) is 6. The monoisotopic (exact) mass is 457 g/mol. The van der Waals surface area contributed by atoms with Crippen LogP contribution in [0.1, 0.15) is 17.2 Å². The number of amides is 1. The molecule has 1 unspecified atom stereocenters. The first-order chi connectivity index (χ1) is 14.8. The van der Waals surface area contributed by atoms with Gasteiger partial charge in [0.25, 0.3) is 11.7 Å². The van der Waals surface area contributed by atoms with Crippen LogP contribution in [-0.4, -0.2) is 29.8 Å². The molecule has 0 aliphatic carbocycles. The smallest absolute Gasteiger partial charge is 0.744 e. The van der Waals surface area contributed by atoms with E-state index in [0.29, 0.717) is 11.1 Å². The maximum Gasteiger partial charge on any atom is 1.00 e. The van der Waals surface area contributed by atoms with Crippen LogP contribution in [-0.2, 0) is 19.7 Å². The minimum atomic E-state index is -4.66. The van der Waals surface area contributed by atoms with Crippen molar-refractivity contribution in [2.24, 2.45) is 0 Å². The van der Waals surface area contributed by atoms with Gasteiger partial charge in [0, 0.05) is 11.3 Å². The van der Waals surface area contributed by atoms with Crippen molar-refractivity contribution in [1.82, 2.24) is 0 Å². The van der Waals surface area contributed by atoms with E-state index in [2.05, 4.69) is 0 Å². The number of hydrogen-bond donors (Lipinski definition) is 1. The molecule has 1 saturated heterocycles. The van der Waals surface area contributed by atoms with Gasteiger partial charge in [0.05, 0.1) is 16.5 Å². The summed E-state index contributed by atoms with van der Waals surface area (Å²) < 4.78 is 33.7. The summed E-state index contributed by atoms with van der Waals surface area (Å²) in [6.45, 7) is 0. The Balaban J connectivity index is 0.00000289. The van der Waals surface area contributed by atoms with E-state index in [-0.39, 0.29) is 46.6 Å². The Bertz CT molecular complexity index is 1290. The Morgan fingerprint density at radius 1 is 0.844 bits per heavy atom. The predicted molar refractivity (Wildman–Crippen MR) is 112 cm³/mol. The molecule has 7 nitrogen and oxygen atoms in total. The third-order valence-electron chi connectivity index (χ3n) is 5.01. The van der Waals surface area contributed by atoms with E-state index in [4.69, 9.17) is 0 Å². The molecule has 1 heterocycles. The fraction of sp³-hybridized carbons (Fsp3) is 0.0435. The third kappa shape index (κ3) is 4.41. The fourth-order valence-corrected chi connectivity index (χ4v) is 4.04. The van der Waals surface area contributed by atoms with Gasteiger partial charge in [-0.25, -0.2) is 8.42 Å². The van der Waals surface area contributed by atoms with Crippen LogP contribution >= 0.6 is 0 Å². The van der Waals surface area contributed by atoms with Crippen molar-refractivity contribution in [3.05, 3.63) is 102 Å². The molecule has 1 fully saturated rings. The Hall–Kier alpha value is -2.75. The predicted octanol–water partition coefficient (Wildman–Crippen LogP) is 0.221. The molecule has 1 atom stereocenters. The van der Waals surface area contributed by atoms with Gasteiger partial charge in [0.15, 0.2) is 0 Å². The Morgan fingerprint density at radius 3 is 1.91 bits per heavy atom. The minimum absolute atomic E-state index is 0. The molecule has 9 heteroatoms. The SMILES string of the molecule is O=C1C(=O)N(c2ccc(S(=O)(=O)[O-])cc2)C(c2ccccc2)/C1=C(\O)c1ccccc1.[Na+]. The van der Waals surface area contributed by atoms with Gasteiger partial charge in [-0.05, 0) is 29.8 Å². The number of ketones is 1. The zero-order valence-electron chi connectivity index (χ0n) is 17.0. The van der Waals surface area contributed by atoms with Crippen molar-refractivity contribution in [3.8, 4) is 0 Å². The van der Waals surface area contributed by atoms with Gasteiger partial charge in [-0.2, -0.15) is 0 Å². The Kier molecular flexibility index (Phi) is 7.02. The Labute approximate surface area is 207 Å². The normalized spacial score (nSPS) is 17.8. The summed E-state index contributed by atoms with van der Waals surface area (Å²) in [6, 6.07) is 20.9. The molecule has 3 aromatic carbocycles. The second-order valence-corrected chi connectivity index (χ2v) is 8.27. The van der Waals surface area contributed by atoms with Gasteiger partial charge in [-0.3, -0.25) is 14.5 Å². The molecule has 1 aliphatic rings. The van der Waals surface area contributed by atoms with E-state index in [1.165, 1.54) is 17.0 Å². The van der Waals surface area contributed by atoms with Crippen molar-refractivity contribution < 1.29 is 57.2 Å². The van der Waals surface area contributed by atoms with Gasteiger partial charge in [0.1, 0.15) is 15.9 Å². The van der Waals surface area contributed by atoms with Crippen LogP contribution in [0, 0.1) is 0 Å². The standard InChI is InChI=1S/C23H17NO6S.Na/c25-21(16-9-5-2-6-10-16)19-20(15-7-3-1-4-8-15)24(23(27)22(19)26)17-11-13-18(14-12-17)31(28,29)30;/h1-14,20,25H,(H,28,29,30);/q;+1/p-1/b21-19+;. The zero-order valence-corrected chi connectivity index (χ0v) is 19.8. The summed E-state index contributed by atoms with van der Waals surface area (Å²) in [6.07, 6.45) is 0. The molecular weight excluding hydrogens is 441 g/mol. The van der Waals surface area contributed by atoms with Crippen molar-refractivity contribution in [2.75, 3.05) is 4.90 Å². The molecule has 1 N–H and O–H groups in total. The van der Waals surface area contributed by atoms with E-state index >= 15 is 0 Å². The van der Waals surface area contributed by atoms with Crippen LogP contribution in [0.4, 0.5) is 5.69 Å². The van der Waals surface area contributed by atoms with Gasteiger partial charge < -0.3 is 9.66 Å². The quantitative estimate of drug-likeness (QED) is 0.197. The second kappa shape index (κ2) is 9.40.